The summed E-state index contributed by atoms with van der Waals surface area (Å²) in [5.41, 5.74) is 1.08. The number of hydrogen-bond donors (Lipinski definition) is 5. The van der Waals surface area contributed by atoms with Crippen molar-refractivity contribution in [3.8, 4) is 0 Å². The van der Waals surface area contributed by atoms with E-state index in [0.29, 0.717) is 0 Å². The summed E-state index contributed by atoms with van der Waals surface area (Å²) < 4.78 is 4.72. The van der Waals surface area contributed by atoms with Crippen molar-refractivity contribution in [2.45, 2.75) is 78.6 Å². The number of rotatable bonds is 13. The van der Waals surface area contributed by atoms with Gasteiger partial charge in [0.2, 0.25) is 5.91 Å². The van der Waals surface area contributed by atoms with E-state index in [-0.39, 0.29) is 31.8 Å². The quantitative estimate of drug-likeness (QED) is 0.215. The van der Waals surface area contributed by atoms with E-state index in [9.17, 15) is 24.3 Å². The molecule has 0 spiro atoms. The zero-order valence-electron chi connectivity index (χ0n) is 27.1. The minimum atomic E-state index is -1.95. The van der Waals surface area contributed by atoms with Gasteiger partial charge in [-0.2, -0.15) is 0 Å². The van der Waals surface area contributed by atoms with Crippen LogP contribution in [-0.2, 0) is 32.1 Å². The number of aromatic nitrogens is 1. The highest BCUT2D eigenvalue weighted by molar-refractivity contribution is 5.92. The summed E-state index contributed by atoms with van der Waals surface area (Å²) in [5.74, 6) is -1.60. The number of nitrogens with one attached hydrogen (secondary N) is 4. The van der Waals surface area contributed by atoms with Gasteiger partial charge in [0.05, 0.1) is 7.11 Å². The molecule has 44 heavy (non-hydrogen) atoms. The van der Waals surface area contributed by atoms with E-state index in [0.717, 1.165) is 11.1 Å². The Morgan fingerprint density at radius 2 is 1.48 bits per heavy atom. The third-order valence-corrected chi connectivity index (χ3v) is 7.15. The second-order valence-electron chi connectivity index (χ2n) is 13.0. The predicted octanol–water partition coefficient (Wildman–Crippen LogP) is 2.33. The number of ether oxygens (including phenoxy) is 1. The summed E-state index contributed by atoms with van der Waals surface area (Å²) in [7, 11) is 2.71. The Morgan fingerprint density at radius 1 is 0.886 bits per heavy atom. The second-order valence-corrected chi connectivity index (χ2v) is 13.0. The van der Waals surface area contributed by atoms with Gasteiger partial charge in [-0.15, -0.1) is 0 Å². The Bertz CT molecular complexity index is 1250. The molecule has 0 saturated heterocycles. The maximum absolute atomic E-state index is 13.8. The summed E-state index contributed by atoms with van der Waals surface area (Å²) in [6, 6.07) is 10.8. The lowest BCUT2D eigenvalue weighted by atomic mass is 9.84. The zero-order chi connectivity index (χ0) is 33.1. The van der Waals surface area contributed by atoms with Gasteiger partial charge in [-0.1, -0.05) is 77.9 Å². The first-order valence-electron chi connectivity index (χ1n) is 14.6. The number of alkyl carbamates (subject to hydrolysis) is 1. The van der Waals surface area contributed by atoms with Crippen molar-refractivity contribution in [2.24, 2.45) is 10.8 Å². The number of aliphatic hydroxyl groups is 1. The van der Waals surface area contributed by atoms with Gasteiger partial charge in [0, 0.05) is 45.4 Å². The van der Waals surface area contributed by atoms with Crippen LogP contribution in [0.3, 0.4) is 0 Å². The molecule has 0 radical (unpaired) electrons. The van der Waals surface area contributed by atoms with Crippen molar-refractivity contribution in [1.82, 2.24) is 31.4 Å². The smallest absolute Gasteiger partial charge is 0.407 e. The van der Waals surface area contributed by atoms with Crippen LogP contribution >= 0.6 is 0 Å². The molecule has 0 aliphatic rings. The molecule has 1 aromatic carbocycles. The Labute approximate surface area is 260 Å². The van der Waals surface area contributed by atoms with E-state index in [4.69, 9.17) is 4.74 Å². The number of methoxy groups -OCH3 is 1. The highest BCUT2D eigenvalue weighted by atomic mass is 16.5. The van der Waals surface area contributed by atoms with Crippen LogP contribution in [0.2, 0.25) is 0 Å². The first kappa shape index (κ1) is 36.2. The fraction of sp³-hybridized carbons (Fsp3) is 0.531. The van der Waals surface area contributed by atoms with Gasteiger partial charge in [-0.3, -0.25) is 24.8 Å². The van der Waals surface area contributed by atoms with Crippen LogP contribution in [0.4, 0.5) is 4.79 Å². The molecule has 1 aromatic heterocycles. The molecular formula is C32H48N6O6. The number of carbonyl (C=O) groups excluding carboxylic acids is 4. The monoisotopic (exact) mass is 612 g/mol. The van der Waals surface area contributed by atoms with E-state index in [1.165, 1.54) is 14.2 Å². The number of likely N-dealkylation sites (N-methyl/N-ethyl adjacent to an activating group) is 1. The van der Waals surface area contributed by atoms with Gasteiger partial charge >= 0.3 is 6.09 Å². The maximum atomic E-state index is 13.8. The Hall–Kier alpha value is -4.03. The van der Waals surface area contributed by atoms with Crippen molar-refractivity contribution in [1.29, 1.82) is 0 Å². The fourth-order valence-electron chi connectivity index (χ4n) is 4.58. The largest absolute Gasteiger partial charge is 0.453 e. The first-order chi connectivity index (χ1) is 20.5. The van der Waals surface area contributed by atoms with Gasteiger partial charge in [-0.25, -0.2) is 9.80 Å². The average molecular weight is 613 g/mol. The van der Waals surface area contributed by atoms with Crippen LogP contribution in [0.5, 0.6) is 0 Å². The van der Waals surface area contributed by atoms with Crippen molar-refractivity contribution in [3.05, 3.63) is 66.0 Å². The van der Waals surface area contributed by atoms with Gasteiger partial charge < -0.3 is 25.8 Å². The van der Waals surface area contributed by atoms with Crippen molar-refractivity contribution in [2.75, 3.05) is 20.7 Å². The highest BCUT2D eigenvalue weighted by Crippen LogP contribution is 2.24. The number of hydrazine groups is 1. The molecule has 242 valence electrons. The third kappa shape index (κ3) is 10.9. The molecule has 5 N–H and O–H groups in total. The Balaban J connectivity index is 2.42. The van der Waals surface area contributed by atoms with E-state index in [2.05, 4.69) is 26.4 Å². The molecule has 12 nitrogen and oxygen atoms in total. The Morgan fingerprint density at radius 3 is 2.00 bits per heavy atom. The predicted molar refractivity (Wildman–Crippen MR) is 167 cm³/mol. The molecule has 2 rings (SSSR count). The summed E-state index contributed by atoms with van der Waals surface area (Å²) in [6.45, 7) is 11.1. The fourth-order valence-corrected chi connectivity index (χ4v) is 4.58. The lowest BCUT2D eigenvalue weighted by molar-refractivity contribution is -0.145. The molecule has 4 amide bonds. The van der Waals surface area contributed by atoms with Gasteiger partial charge in [0.25, 0.3) is 11.8 Å². The van der Waals surface area contributed by atoms with Crippen molar-refractivity contribution >= 4 is 23.8 Å². The minimum Gasteiger partial charge on any atom is -0.453 e. The third-order valence-electron chi connectivity index (χ3n) is 7.15. The molecule has 1 heterocycles. The number of benzene rings is 1. The van der Waals surface area contributed by atoms with E-state index >= 15 is 0 Å². The van der Waals surface area contributed by atoms with Gasteiger partial charge in [0.15, 0.2) is 0 Å². The molecule has 0 unspecified atom stereocenters. The van der Waals surface area contributed by atoms with Crippen LogP contribution in [0.1, 0.15) is 59.1 Å². The van der Waals surface area contributed by atoms with Crippen LogP contribution in [0, 0.1) is 10.8 Å². The molecule has 0 aliphatic carbocycles. The summed E-state index contributed by atoms with van der Waals surface area (Å²) in [5, 5.41) is 21.5. The van der Waals surface area contributed by atoms with Crippen LogP contribution in [-0.4, -0.2) is 77.3 Å². The number of pyridine rings is 1. The first-order valence-corrected chi connectivity index (χ1v) is 14.6. The van der Waals surface area contributed by atoms with Crippen LogP contribution < -0.4 is 21.4 Å². The van der Waals surface area contributed by atoms with Gasteiger partial charge in [0.1, 0.15) is 17.7 Å². The number of nitrogens with zero attached hydrogens (tertiary/aromatic N) is 2. The summed E-state index contributed by atoms with van der Waals surface area (Å²) >= 11 is 0. The molecule has 12 heteroatoms. The molecule has 0 aliphatic heterocycles. The maximum Gasteiger partial charge on any atom is 0.407 e. The molecule has 3 atom stereocenters. The molecule has 0 bridgehead atoms. The number of amides is 4. The molecule has 0 saturated carbocycles. The lowest BCUT2D eigenvalue weighted by Crippen LogP contribution is -2.60. The number of hydrogen-bond acceptors (Lipinski definition) is 8. The zero-order valence-corrected chi connectivity index (χ0v) is 27.1. The Kier molecular flexibility index (Phi) is 12.8. The summed E-state index contributed by atoms with van der Waals surface area (Å²) in [6.07, 6.45) is 2.38. The number of carbonyl (C=O) groups is 4. The molecule has 2 aromatic rings. The topological polar surface area (TPSA) is 162 Å². The van der Waals surface area contributed by atoms with E-state index in [1.54, 1.807) is 56.4 Å². The van der Waals surface area contributed by atoms with E-state index < -0.39 is 46.4 Å². The van der Waals surface area contributed by atoms with Crippen molar-refractivity contribution in [3.63, 3.8) is 0 Å². The lowest BCUT2D eigenvalue weighted by Gasteiger charge is -2.36. The average Bonchev–Trinajstić information content (AvgIpc) is 2.96. The SMILES string of the molecule is CNC(=O)[C@@H](NC(=O)[C@@](O)(CCN(Cc1cccnc1)NC(=O)[C@@H](NC(=O)OC)C(C)(C)C)Cc1ccccc1)C(C)(C)C. The normalized spacial score (nSPS) is 14.5. The summed E-state index contributed by atoms with van der Waals surface area (Å²) in [4.78, 5) is 56.2. The molecular weight excluding hydrogens is 564 g/mol. The van der Waals surface area contributed by atoms with Crippen LogP contribution in [0.25, 0.3) is 0 Å². The molecule has 0 fully saturated rings. The van der Waals surface area contributed by atoms with Crippen LogP contribution in [0.15, 0.2) is 54.9 Å². The standard InChI is InChI=1S/C32H48N6O6/c1-30(2,3)24(26(39)33-7)35-28(41)32(43,19-22-13-10-9-11-14-22)16-18-38(21-23-15-12-17-34-20-23)37-27(40)25(31(4,5)6)36-29(42)44-8/h9-15,17,20,24-25,43H,16,18-19,21H2,1-8H3,(H,33,39)(H,35,41)(H,36,42)(H,37,40)/t24-,25-,32-/m1/s1. The highest BCUT2D eigenvalue weighted by Gasteiger charge is 2.42. The van der Waals surface area contributed by atoms with E-state index in [1.807, 2.05) is 45.0 Å². The van der Waals surface area contributed by atoms with Crippen molar-refractivity contribution < 1.29 is 29.0 Å². The van der Waals surface area contributed by atoms with Gasteiger partial charge in [-0.05, 0) is 28.0 Å². The minimum absolute atomic E-state index is 0.0343. The second kappa shape index (κ2) is 15.6.